The summed E-state index contributed by atoms with van der Waals surface area (Å²) in [7, 11) is 0. The average molecular weight is 582 g/mol. The predicted molar refractivity (Wildman–Crippen MR) is 144 cm³/mol. The van der Waals surface area contributed by atoms with E-state index in [0.29, 0.717) is 32.4 Å². The molecule has 0 aliphatic carbocycles. The number of ether oxygens (including phenoxy) is 1. The Morgan fingerprint density at radius 1 is 1.18 bits per heavy atom. The lowest BCUT2D eigenvalue weighted by molar-refractivity contribution is -0.169. The summed E-state index contributed by atoms with van der Waals surface area (Å²) in [5, 5.41) is 17.4. The molecule has 218 valence electrons. The molecule has 2 aliphatic rings. The number of alkyl halides is 2. The summed E-state index contributed by atoms with van der Waals surface area (Å²) in [5.74, 6) is -1.69. The van der Waals surface area contributed by atoms with E-state index in [0.717, 1.165) is 5.69 Å². The Morgan fingerprint density at radius 3 is 2.42 bits per heavy atom. The number of carboxylic acid groups (broad SMARTS) is 1. The summed E-state index contributed by atoms with van der Waals surface area (Å²) in [6, 6.07) is 5.92. The molecule has 2 saturated heterocycles. The van der Waals surface area contributed by atoms with Crippen molar-refractivity contribution in [2.24, 2.45) is 5.41 Å². The van der Waals surface area contributed by atoms with Crippen LogP contribution in [0.2, 0.25) is 5.02 Å². The van der Waals surface area contributed by atoms with Gasteiger partial charge in [0.25, 0.3) is 5.91 Å². The smallest absolute Gasteiger partial charge is 0.387 e. The Morgan fingerprint density at radius 2 is 1.85 bits per heavy atom. The Balaban J connectivity index is 1.58. The van der Waals surface area contributed by atoms with Gasteiger partial charge in [-0.05, 0) is 37.0 Å². The molecule has 1 aromatic heterocycles. The number of halogens is 3. The van der Waals surface area contributed by atoms with Crippen molar-refractivity contribution in [1.82, 2.24) is 19.6 Å². The maximum absolute atomic E-state index is 14.0. The van der Waals surface area contributed by atoms with Crippen LogP contribution < -0.4 is 10.1 Å². The normalized spacial score (nSPS) is 18.4. The van der Waals surface area contributed by atoms with Crippen LogP contribution >= 0.6 is 11.6 Å². The first-order chi connectivity index (χ1) is 18.9. The van der Waals surface area contributed by atoms with E-state index in [1.54, 1.807) is 22.7 Å². The van der Waals surface area contributed by atoms with Gasteiger partial charge < -0.3 is 25.0 Å². The van der Waals surface area contributed by atoms with Crippen LogP contribution in [-0.2, 0) is 19.9 Å². The van der Waals surface area contributed by atoms with Crippen LogP contribution in [0.25, 0.3) is 0 Å². The molecule has 0 radical (unpaired) electrons. The largest absolute Gasteiger partial charge is 0.481 e. The van der Waals surface area contributed by atoms with Crippen LogP contribution in [-0.4, -0.2) is 81.8 Å². The predicted octanol–water partition coefficient (Wildman–Crippen LogP) is 4.01. The second kappa shape index (κ2) is 11.7. The zero-order chi connectivity index (χ0) is 29.2. The average Bonchev–Trinajstić information content (AvgIpc) is 3.38. The minimum Gasteiger partial charge on any atom is -0.481 e. The highest BCUT2D eigenvalue weighted by atomic mass is 35.5. The molecule has 0 saturated carbocycles. The summed E-state index contributed by atoms with van der Waals surface area (Å²) in [6.07, 6.45) is 2.53. The molecule has 0 unspecified atom stereocenters. The Bertz CT molecular complexity index is 1260. The third-order valence-corrected chi connectivity index (χ3v) is 8.04. The molecule has 40 heavy (non-hydrogen) atoms. The zero-order valence-electron chi connectivity index (χ0n) is 22.7. The van der Waals surface area contributed by atoms with Crippen molar-refractivity contribution in [2.75, 3.05) is 38.0 Å². The molecule has 2 N–H and O–H groups in total. The third-order valence-electron chi connectivity index (χ3n) is 7.80. The highest BCUT2D eigenvalue weighted by molar-refractivity contribution is 6.30. The summed E-state index contributed by atoms with van der Waals surface area (Å²) >= 11 is 5.97. The van der Waals surface area contributed by atoms with Gasteiger partial charge in [0.1, 0.15) is 11.0 Å². The second-order valence-electron chi connectivity index (χ2n) is 10.8. The lowest BCUT2D eigenvalue weighted by Gasteiger charge is -2.50. The molecule has 4 rings (SSSR count). The van der Waals surface area contributed by atoms with Crippen LogP contribution in [0.3, 0.4) is 0 Å². The molecule has 1 aromatic carbocycles. The van der Waals surface area contributed by atoms with E-state index in [1.807, 2.05) is 24.8 Å². The van der Waals surface area contributed by atoms with Crippen molar-refractivity contribution in [2.45, 2.75) is 58.1 Å². The first kappa shape index (κ1) is 29.7. The Labute approximate surface area is 236 Å². The van der Waals surface area contributed by atoms with Gasteiger partial charge in [0.15, 0.2) is 5.75 Å². The SMILES string of the molecule is CCC(=O)N1CC(CN2CCC(C(=O)Nc3ccc(Cl)cc3OC(F)F)(n3nccc3C(C)C)CC2)(C(=O)O)C1. The number of aliphatic carboxylic acids is 1. The zero-order valence-corrected chi connectivity index (χ0v) is 23.5. The van der Waals surface area contributed by atoms with Crippen molar-refractivity contribution in [3.05, 3.63) is 41.2 Å². The van der Waals surface area contributed by atoms with Gasteiger partial charge in [-0.2, -0.15) is 13.9 Å². The van der Waals surface area contributed by atoms with Gasteiger partial charge in [-0.15, -0.1) is 0 Å². The first-order valence-corrected chi connectivity index (χ1v) is 13.6. The topological polar surface area (TPSA) is 117 Å². The minimum absolute atomic E-state index is 0.0470. The summed E-state index contributed by atoms with van der Waals surface area (Å²) in [5.41, 5.74) is -1.35. The molecular formula is C27H34ClF2N5O5. The van der Waals surface area contributed by atoms with E-state index in [1.165, 1.54) is 18.2 Å². The fourth-order valence-electron chi connectivity index (χ4n) is 5.57. The number of piperidine rings is 1. The third kappa shape index (κ3) is 5.78. The first-order valence-electron chi connectivity index (χ1n) is 13.2. The number of anilines is 1. The lowest BCUT2D eigenvalue weighted by Crippen LogP contribution is -2.67. The molecule has 0 spiro atoms. The molecule has 13 heteroatoms. The molecular weight excluding hydrogens is 548 g/mol. The number of nitrogens with zero attached hydrogens (tertiary/aromatic N) is 4. The number of carbonyl (C=O) groups is 3. The number of aromatic nitrogens is 2. The van der Waals surface area contributed by atoms with Crippen LogP contribution in [0.4, 0.5) is 14.5 Å². The van der Waals surface area contributed by atoms with Crippen molar-refractivity contribution < 1.29 is 33.0 Å². The van der Waals surface area contributed by atoms with Crippen LogP contribution in [0, 0.1) is 5.41 Å². The highest BCUT2D eigenvalue weighted by Gasteiger charge is 2.53. The highest BCUT2D eigenvalue weighted by Crippen LogP contribution is 2.39. The number of nitrogens with one attached hydrogen (secondary N) is 1. The standard InChI is InChI=1S/C27H34ClF2N5O5/c1-4-22(36)34-15-26(16-34,24(38)39)14-33-11-8-27(9-12-33,35-20(17(2)3)7-10-31-35)23(37)32-19-6-5-18(28)13-21(19)40-25(29)30/h5-7,10,13,17,25H,4,8-9,11-12,14-16H2,1-3H3,(H,32,37)(H,38,39). The van der Waals surface area contributed by atoms with E-state index in [9.17, 15) is 28.3 Å². The van der Waals surface area contributed by atoms with Crippen LogP contribution in [0.5, 0.6) is 5.75 Å². The van der Waals surface area contributed by atoms with Gasteiger partial charge in [-0.25, -0.2) is 0 Å². The van der Waals surface area contributed by atoms with Crippen LogP contribution in [0.1, 0.15) is 51.6 Å². The number of amides is 2. The molecule has 0 bridgehead atoms. The number of hydrogen-bond donors (Lipinski definition) is 2. The van der Waals surface area contributed by atoms with Gasteiger partial charge in [0, 0.05) is 62.1 Å². The molecule has 2 aromatic rings. The molecule has 2 aliphatic heterocycles. The van der Waals surface area contributed by atoms with E-state index in [2.05, 4.69) is 15.2 Å². The van der Waals surface area contributed by atoms with E-state index >= 15 is 0 Å². The molecule has 3 heterocycles. The summed E-state index contributed by atoms with van der Waals surface area (Å²) < 4.78 is 32.4. The van der Waals surface area contributed by atoms with Gasteiger partial charge >= 0.3 is 12.6 Å². The molecule has 2 fully saturated rings. The Kier molecular flexibility index (Phi) is 8.69. The van der Waals surface area contributed by atoms with Gasteiger partial charge in [-0.3, -0.25) is 19.1 Å². The number of rotatable bonds is 10. The van der Waals surface area contributed by atoms with Crippen molar-refractivity contribution in [3.63, 3.8) is 0 Å². The second-order valence-corrected chi connectivity index (χ2v) is 11.2. The van der Waals surface area contributed by atoms with Gasteiger partial charge in [-0.1, -0.05) is 32.4 Å². The quantitative estimate of drug-likeness (QED) is 0.435. The fraction of sp³-hybridized carbons (Fsp3) is 0.556. The van der Waals surface area contributed by atoms with Crippen molar-refractivity contribution in [3.8, 4) is 5.75 Å². The lowest BCUT2D eigenvalue weighted by atomic mass is 9.77. The van der Waals surface area contributed by atoms with E-state index in [-0.39, 0.29) is 47.9 Å². The number of hydrogen-bond acceptors (Lipinski definition) is 6. The van der Waals surface area contributed by atoms with Gasteiger partial charge in [0.2, 0.25) is 5.91 Å². The molecule has 2 amide bonds. The Hall–Kier alpha value is -3.25. The van der Waals surface area contributed by atoms with E-state index in [4.69, 9.17) is 11.6 Å². The van der Waals surface area contributed by atoms with Crippen molar-refractivity contribution >= 4 is 35.1 Å². The maximum atomic E-state index is 14.0. The van der Waals surface area contributed by atoms with Gasteiger partial charge in [0.05, 0.1) is 5.69 Å². The number of carbonyl (C=O) groups excluding carboxylic acids is 2. The number of likely N-dealkylation sites (tertiary alicyclic amines) is 2. The van der Waals surface area contributed by atoms with Crippen molar-refractivity contribution in [1.29, 1.82) is 0 Å². The fourth-order valence-corrected chi connectivity index (χ4v) is 5.73. The maximum Gasteiger partial charge on any atom is 0.387 e. The monoisotopic (exact) mass is 581 g/mol. The number of benzene rings is 1. The summed E-state index contributed by atoms with van der Waals surface area (Å²) in [6.45, 7) is 3.93. The number of carboxylic acids is 1. The van der Waals surface area contributed by atoms with Crippen LogP contribution in [0.15, 0.2) is 30.5 Å². The summed E-state index contributed by atoms with van der Waals surface area (Å²) in [4.78, 5) is 41.8. The molecule has 10 nitrogen and oxygen atoms in total. The minimum atomic E-state index is -3.11. The molecule has 0 atom stereocenters. The van der Waals surface area contributed by atoms with E-state index < -0.39 is 29.4 Å².